The molecular weight excluding hydrogens is 206 g/mol. The number of hydrogen-bond acceptors (Lipinski definition) is 4. The Kier molecular flexibility index (Phi) is 4.55. The lowest BCUT2D eigenvalue weighted by molar-refractivity contribution is -0.142. The highest BCUT2D eigenvalue weighted by Crippen LogP contribution is 2.11. The van der Waals surface area contributed by atoms with Gasteiger partial charge in [0.25, 0.3) is 0 Å². The zero-order valence-electron chi connectivity index (χ0n) is 10.3. The van der Waals surface area contributed by atoms with Gasteiger partial charge < -0.3 is 9.15 Å². The maximum atomic E-state index is 11.2. The average molecular weight is 225 g/mol. The minimum Gasteiger partial charge on any atom is -0.468 e. The van der Waals surface area contributed by atoms with Gasteiger partial charge in [-0.2, -0.15) is 0 Å². The second-order valence-corrected chi connectivity index (χ2v) is 4.09. The summed E-state index contributed by atoms with van der Waals surface area (Å²) in [6.07, 6.45) is 0. The molecule has 0 aliphatic heterocycles. The van der Waals surface area contributed by atoms with E-state index in [2.05, 4.69) is 4.74 Å². The molecule has 0 fully saturated rings. The maximum absolute atomic E-state index is 11.2. The molecule has 1 aromatic heterocycles. The van der Waals surface area contributed by atoms with Crippen LogP contribution in [0.25, 0.3) is 0 Å². The summed E-state index contributed by atoms with van der Waals surface area (Å²) in [5.74, 6) is 1.53. The third-order valence-corrected chi connectivity index (χ3v) is 2.45. The van der Waals surface area contributed by atoms with E-state index < -0.39 is 0 Å². The van der Waals surface area contributed by atoms with E-state index in [0.717, 1.165) is 11.5 Å². The summed E-state index contributed by atoms with van der Waals surface area (Å²) >= 11 is 0. The summed E-state index contributed by atoms with van der Waals surface area (Å²) in [6, 6.07) is 4.12. The SMILES string of the molecule is COC(=O)CN(Cc1ccc(C)o1)C(C)C. The van der Waals surface area contributed by atoms with Gasteiger partial charge in [-0.1, -0.05) is 0 Å². The van der Waals surface area contributed by atoms with Gasteiger partial charge in [-0.3, -0.25) is 9.69 Å². The van der Waals surface area contributed by atoms with Crippen molar-refractivity contribution in [3.8, 4) is 0 Å². The van der Waals surface area contributed by atoms with E-state index >= 15 is 0 Å². The smallest absolute Gasteiger partial charge is 0.319 e. The maximum Gasteiger partial charge on any atom is 0.319 e. The molecule has 0 bridgehead atoms. The van der Waals surface area contributed by atoms with E-state index in [9.17, 15) is 4.79 Å². The Balaban J connectivity index is 2.61. The lowest BCUT2D eigenvalue weighted by atomic mass is 10.3. The van der Waals surface area contributed by atoms with Gasteiger partial charge in [-0.05, 0) is 32.9 Å². The molecule has 0 unspecified atom stereocenters. The molecule has 0 amide bonds. The number of hydrogen-bond donors (Lipinski definition) is 0. The number of methoxy groups -OCH3 is 1. The van der Waals surface area contributed by atoms with Crippen LogP contribution in [0.2, 0.25) is 0 Å². The van der Waals surface area contributed by atoms with Crippen molar-refractivity contribution >= 4 is 5.97 Å². The van der Waals surface area contributed by atoms with E-state index in [1.807, 2.05) is 37.8 Å². The minimum absolute atomic E-state index is 0.225. The molecule has 0 spiro atoms. The summed E-state index contributed by atoms with van der Waals surface area (Å²) in [6.45, 7) is 6.90. The van der Waals surface area contributed by atoms with Crippen LogP contribution >= 0.6 is 0 Å². The monoisotopic (exact) mass is 225 g/mol. The molecule has 0 N–H and O–H groups in total. The van der Waals surface area contributed by atoms with Crippen molar-refractivity contribution in [3.05, 3.63) is 23.7 Å². The first-order valence-electron chi connectivity index (χ1n) is 5.39. The summed E-state index contributed by atoms with van der Waals surface area (Å²) in [4.78, 5) is 13.2. The van der Waals surface area contributed by atoms with Crippen molar-refractivity contribution in [1.82, 2.24) is 4.90 Å². The molecule has 0 aromatic carbocycles. The van der Waals surface area contributed by atoms with Gasteiger partial charge in [0.15, 0.2) is 0 Å². The van der Waals surface area contributed by atoms with Gasteiger partial charge in [0.1, 0.15) is 11.5 Å². The zero-order valence-corrected chi connectivity index (χ0v) is 10.3. The molecule has 0 radical (unpaired) electrons. The topological polar surface area (TPSA) is 42.7 Å². The highest BCUT2D eigenvalue weighted by molar-refractivity contribution is 5.71. The summed E-state index contributed by atoms with van der Waals surface area (Å²) in [5, 5.41) is 0. The molecule has 4 nitrogen and oxygen atoms in total. The minimum atomic E-state index is -0.225. The predicted molar refractivity (Wildman–Crippen MR) is 61.0 cm³/mol. The molecule has 1 heterocycles. The first-order chi connectivity index (χ1) is 7.52. The average Bonchev–Trinajstić information content (AvgIpc) is 2.62. The van der Waals surface area contributed by atoms with Crippen LogP contribution in [0.15, 0.2) is 16.5 Å². The van der Waals surface area contributed by atoms with Gasteiger partial charge in [-0.25, -0.2) is 0 Å². The lowest BCUT2D eigenvalue weighted by Gasteiger charge is -2.23. The fourth-order valence-corrected chi connectivity index (χ4v) is 1.42. The van der Waals surface area contributed by atoms with Crippen LogP contribution in [0, 0.1) is 6.92 Å². The van der Waals surface area contributed by atoms with Gasteiger partial charge in [-0.15, -0.1) is 0 Å². The van der Waals surface area contributed by atoms with Gasteiger partial charge >= 0.3 is 5.97 Å². The second kappa shape index (κ2) is 5.70. The molecule has 0 saturated carbocycles. The number of aryl methyl sites for hydroxylation is 1. The van der Waals surface area contributed by atoms with Crippen molar-refractivity contribution in [2.24, 2.45) is 0 Å². The number of carbonyl (C=O) groups is 1. The van der Waals surface area contributed by atoms with Crippen LogP contribution < -0.4 is 0 Å². The highest BCUT2D eigenvalue weighted by atomic mass is 16.5. The Bertz CT molecular complexity index is 344. The van der Waals surface area contributed by atoms with Crippen molar-refractivity contribution in [2.75, 3.05) is 13.7 Å². The van der Waals surface area contributed by atoms with Crippen LogP contribution in [0.5, 0.6) is 0 Å². The molecule has 90 valence electrons. The molecule has 0 atom stereocenters. The van der Waals surface area contributed by atoms with E-state index in [0.29, 0.717) is 6.54 Å². The molecule has 0 saturated heterocycles. The summed E-state index contributed by atoms with van der Waals surface area (Å²) in [7, 11) is 1.40. The molecule has 0 aliphatic carbocycles. The van der Waals surface area contributed by atoms with E-state index in [1.54, 1.807) is 0 Å². The fraction of sp³-hybridized carbons (Fsp3) is 0.583. The Labute approximate surface area is 96.2 Å². The summed E-state index contributed by atoms with van der Waals surface area (Å²) in [5.41, 5.74) is 0. The van der Waals surface area contributed by atoms with Crippen molar-refractivity contribution in [2.45, 2.75) is 33.4 Å². The lowest BCUT2D eigenvalue weighted by Crippen LogP contribution is -2.35. The first-order valence-corrected chi connectivity index (χ1v) is 5.39. The van der Waals surface area contributed by atoms with Gasteiger partial charge in [0, 0.05) is 6.04 Å². The van der Waals surface area contributed by atoms with Crippen molar-refractivity contribution in [1.29, 1.82) is 0 Å². The molecule has 1 aromatic rings. The predicted octanol–water partition coefficient (Wildman–Crippen LogP) is 1.97. The third-order valence-electron chi connectivity index (χ3n) is 2.45. The normalized spacial score (nSPS) is 11.1. The Hall–Kier alpha value is -1.29. The van der Waals surface area contributed by atoms with Crippen molar-refractivity contribution in [3.63, 3.8) is 0 Å². The fourth-order valence-electron chi connectivity index (χ4n) is 1.42. The number of rotatable bonds is 5. The van der Waals surface area contributed by atoms with Crippen LogP contribution in [0.4, 0.5) is 0 Å². The molecule has 1 rings (SSSR count). The van der Waals surface area contributed by atoms with Crippen LogP contribution in [-0.2, 0) is 16.1 Å². The zero-order chi connectivity index (χ0) is 12.1. The second-order valence-electron chi connectivity index (χ2n) is 4.09. The quantitative estimate of drug-likeness (QED) is 0.718. The van der Waals surface area contributed by atoms with E-state index in [4.69, 9.17) is 4.42 Å². The number of carbonyl (C=O) groups excluding carboxylic acids is 1. The van der Waals surface area contributed by atoms with Gasteiger partial charge in [0.05, 0.1) is 20.2 Å². The first kappa shape index (κ1) is 12.8. The van der Waals surface area contributed by atoms with Crippen LogP contribution in [0.1, 0.15) is 25.4 Å². The molecule has 16 heavy (non-hydrogen) atoms. The molecular formula is C12H19NO3. The van der Waals surface area contributed by atoms with E-state index in [-0.39, 0.29) is 18.6 Å². The largest absolute Gasteiger partial charge is 0.468 e. The number of furan rings is 1. The van der Waals surface area contributed by atoms with Crippen LogP contribution in [0.3, 0.4) is 0 Å². The summed E-state index contributed by atoms with van der Waals surface area (Å²) < 4.78 is 10.1. The number of ether oxygens (including phenoxy) is 1. The third kappa shape index (κ3) is 3.70. The number of esters is 1. The highest BCUT2D eigenvalue weighted by Gasteiger charge is 2.16. The van der Waals surface area contributed by atoms with Crippen LogP contribution in [-0.4, -0.2) is 30.6 Å². The Morgan fingerprint density at radius 1 is 1.50 bits per heavy atom. The molecule has 4 heteroatoms. The van der Waals surface area contributed by atoms with E-state index in [1.165, 1.54) is 7.11 Å². The Morgan fingerprint density at radius 3 is 2.62 bits per heavy atom. The molecule has 0 aliphatic rings. The van der Waals surface area contributed by atoms with Crippen molar-refractivity contribution < 1.29 is 13.9 Å². The standard InChI is InChI=1S/C12H19NO3/c1-9(2)13(8-12(14)15-4)7-11-6-5-10(3)16-11/h5-6,9H,7-8H2,1-4H3. The number of nitrogens with zero attached hydrogens (tertiary/aromatic N) is 1. The van der Waals surface area contributed by atoms with Gasteiger partial charge in [0.2, 0.25) is 0 Å². The Morgan fingerprint density at radius 2 is 2.19 bits per heavy atom.